The smallest absolute Gasteiger partial charge is 0.0886 e. The van der Waals surface area contributed by atoms with Crippen LogP contribution in [0.2, 0.25) is 0 Å². The highest BCUT2D eigenvalue weighted by Gasteiger charge is 2.25. The number of nitrogens with zero attached hydrogens (tertiary/aromatic N) is 6. The van der Waals surface area contributed by atoms with Crippen LogP contribution in [0.1, 0.15) is 57.3 Å². The molecule has 0 N–H and O–H groups in total. The summed E-state index contributed by atoms with van der Waals surface area (Å²) >= 11 is 0. The van der Waals surface area contributed by atoms with E-state index in [4.69, 9.17) is 9.97 Å². The number of aryl methyl sites for hydroxylation is 6. The molecule has 6 heteroatoms. The summed E-state index contributed by atoms with van der Waals surface area (Å²) in [5.74, 6) is 7.09. The van der Waals surface area contributed by atoms with Crippen LogP contribution in [0.3, 0.4) is 0 Å². The van der Waals surface area contributed by atoms with Gasteiger partial charge in [-0.2, -0.15) is 0 Å². The van der Waals surface area contributed by atoms with Crippen LogP contribution in [0.15, 0.2) is 370 Å². The lowest BCUT2D eigenvalue weighted by Gasteiger charge is -2.21. The third-order valence-electron chi connectivity index (χ3n) is 22.8. The number of hydrogen-bond donors (Lipinski definition) is 0. The molecule has 11 aromatic carbocycles. The molecule has 6 heterocycles. The second kappa shape index (κ2) is 31.9. The summed E-state index contributed by atoms with van der Waals surface area (Å²) in [5, 5.41) is 0. The first kappa shape index (κ1) is 72.9. The van der Waals surface area contributed by atoms with E-state index in [0.717, 1.165) is 190 Å². The third kappa shape index (κ3) is 15.0. The molecule has 6 nitrogen and oxygen atoms in total. The molecule has 1 aliphatic rings. The van der Waals surface area contributed by atoms with Crippen molar-refractivity contribution >= 4 is 5.57 Å². The Morgan fingerprint density at radius 1 is 0.207 bits per heavy atom. The molecule has 0 saturated carbocycles. The van der Waals surface area contributed by atoms with Gasteiger partial charge < -0.3 is 0 Å². The first-order valence-corrected chi connectivity index (χ1v) is 39.6. The standard InChI is InChI=1S/C110H82N6/c1-70-28-48-97(77-30-38-81(39-31-77)105-24-12-16-52-111-105)98(49-29-70)89-62-87(63-90(66-89)102-59-74(5)71(2)56-99(102)78-32-40-82(41-33-78)106-25-13-17-53-112-106)95-22-10-8-20-93(95)85-46-50-109(115-68-85)110-51-47-86(69-116-110)94-21-9-11-23-96(94)88-64-91(103-60-75(6)72(3)57-100(103)79-34-42-83(43-35-79)107-26-14-18-54-113-107)67-92(65-88)104-61-76(7)73(4)58-101(104)80-36-44-84(45-37-80)108-27-15-19-55-114-108/h8-28,30-48,50-69,98H,1-7H3. The minimum Gasteiger partial charge on any atom is -0.256 e. The molecule has 18 rings (SSSR count). The lowest BCUT2D eigenvalue weighted by atomic mass is 9.82. The van der Waals surface area contributed by atoms with E-state index in [-0.39, 0.29) is 5.92 Å². The highest BCUT2D eigenvalue weighted by Crippen LogP contribution is 2.47. The van der Waals surface area contributed by atoms with Crippen molar-refractivity contribution < 1.29 is 0 Å². The predicted octanol–water partition coefficient (Wildman–Crippen LogP) is 28.0. The monoisotopic (exact) mass is 1490 g/mol. The lowest BCUT2D eigenvalue weighted by Crippen LogP contribution is -2.02. The van der Waals surface area contributed by atoms with Crippen LogP contribution in [0, 0.1) is 53.4 Å². The van der Waals surface area contributed by atoms with Crippen LogP contribution in [-0.4, -0.2) is 29.9 Å². The Morgan fingerprint density at radius 2 is 0.474 bits per heavy atom. The summed E-state index contributed by atoms with van der Waals surface area (Å²) in [6.07, 6.45) is 15.8. The van der Waals surface area contributed by atoms with Gasteiger partial charge in [-0.1, -0.05) is 242 Å². The van der Waals surface area contributed by atoms with Gasteiger partial charge in [-0.25, -0.2) is 0 Å². The van der Waals surface area contributed by atoms with E-state index >= 15 is 0 Å². The second-order valence-corrected chi connectivity index (χ2v) is 30.4. The van der Waals surface area contributed by atoms with Crippen LogP contribution < -0.4 is 0 Å². The molecule has 1 aliphatic carbocycles. The Labute approximate surface area is 679 Å². The Hall–Kier alpha value is -14.6. The zero-order chi connectivity index (χ0) is 78.8. The zero-order valence-corrected chi connectivity index (χ0v) is 65.9. The molecule has 1 unspecified atom stereocenters. The van der Waals surface area contributed by atoms with Gasteiger partial charge in [0.15, 0.2) is 0 Å². The Bertz CT molecular complexity index is 6520. The van der Waals surface area contributed by atoms with E-state index in [1.807, 2.05) is 85.7 Å². The maximum absolute atomic E-state index is 5.25. The summed E-state index contributed by atoms with van der Waals surface area (Å²) in [7, 11) is 0. The van der Waals surface area contributed by atoms with Gasteiger partial charge in [0.2, 0.25) is 0 Å². The minimum absolute atomic E-state index is 0.276. The maximum Gasteiger partial charge on any atom is 0.0886 e. The molecule has 0 aliphatic heterocycles. The van der Waals surface area contributed by atoms with Crippen LogP contribution in [0.25, 0.3) is 173 Å². The highest BCUT2D eigenvalue weighted by atomic mass is 14.8. The molecule has 0 saturated heterocycles. The van der Waals surface area contributed by atoms with E-state index in [2.05, 4.69) is 359 Å². The average Bonchev–Trinajstić information content (AvgIpc) is 0.830. The summed E-state index contributed by atoms with van der Waals surface area (Å²) in [6.45, 7) is 15.4. The van der Waals surface area contributed by atoms with Gasteiger partial charge in [0.1, 0.15) is 0 Å². The SMILES string of the molecule is CC1=CC=C(c2ccc(-c3ccccn3)cc2)C(c2cc(-c3ccccc3-c3ccc(-c4ccc(-c5ccccc5-c5cc(-c6cc(C)c(C)cc6-c6ccc(-c7ccccn7)cc6)cc(-c6cc(C)c(C)cc6-c6ccc(-c7ccccn7)cc6)c5)cn4)nc3)cc(-c3cc(C)c(C)cc3-c3ccc(-c4ccccn4)cc3)c2)C#C1. The van der Waals surface area contributed by atoms with E-state index in [0.29, 0.717) is 0 Å². The normalized spacial score (nSPS) is 12.5. The van der Waals surface area contributed by atoms with E-state index < -0.39 is 0 Å². The number of allylic oxidation sites excluding steroid dienone is 4. The molecule has 0 fully saturated rings. The molecule has 0 spiro atoms. The molecule has 6 aromatic heterocycles. The maximum atomic E-state index is 5.25. The summed E-state index contributed by atoms with van der Waals surface area (Å²) in [5.41, 5.74) is 43.4. The number of benzene rings is 11. The van der Waals surface area contributed by atoms with Crippen molar-refractivity contribution in [1.29, 1.82) is 0 Å². The fourth-order valence-electron chi connectivity index (χ4n) is 16.1. The number of aromatic nitrogens is 6. The summed E-state index contributed by atoms with van der Waals surface area (Å²) in [4.78, 5) is 29.2. The van der Waals surface area contributed by atoms with E-state index in [9.17, 15) is 0 Å². The summed E-state index contributed by atoms with van der Waals surface area (Å²) in [6, 6.07) is 114. The van der Waals surface area contributed by atoms with Gasteiger partial charge in [0.05, 0.1) is 40.1 Å². The molecule has 17 aromatic rings. The van der Waals surface area contributed by atoms with Gasteiger partial charge in [-0.15, -0.1) is 0 Å². The van der Waals surface area contributed by atoms with Gasteiger partial charge in [-0.3, -0.25) is 29.9 Å². The van der Waals surface area contributed by atoms with Crippen molar-refractivity contribution in [2.75, 3.05) is 0 Å². The fourth-order valence-corrected chi connectivity index (χ4v) is 16.1. The largest absolute Gasteiger partial charge is 0.256 e. The van der Waals surface area contributed by atoms with E-state index in [1.54, 1.807) is 0 Å². The fraction of sp³-hybridized carbons (Fsp3) is 0.0727. The molecule has 1 atom stereocenters. The van der Waals surface area contributed by atoms with Gasteiger partial charge in [0, 0.05) is 70.6 Å². The predicted molar refractivity (Wildman–Crippen MR) is 482 cm³/mol. The Morgan fingerprint density at radius 3 is 0.784 bits per heavy atom. The van der Waals surface area contributed by atoms with Crippen molar-refractivity contribution in [3.63, 3.8) is 0 Å². The van der Waals surface area contributed by atoms with Crippen molar-refractivity contribution in [1.82, 2.24) is 29.9 Å². The van der Waals surface area contributed by atoms with Crippen molar-refractivity contribution in [2.45, 2.75) is 54.4 Å². The van der Waals surface area contributed by atoms with Crippen molar-refractivity contribution in [3.05, 3.63) is 415 Å². The Balaban J connectivity index is 0.712. The first-order chi connectivity index (χ1) is 56.8. The zero-order valence-electron chi connectivity index (χ0n) is 65.9. The van der Waals surface area contributed by atoms with Crippen LogP contribution >= 0.6 is 0 Å². The number of pyridine rings is 6. The van der Waals surface area contributed by atoms with Crippen LogP contribution in [0.4, 0.5) is 0 Å². The van der Waals surface area contributed by atoms with E-state index in [1.165, 1.54) is 33.4 Å². The average molecular weight is 1490 g/mol. The quantitative estimate of drug-likeness (QED) is 0.0846. The number of rotatable bonds is 17. The molecule has 552 valence electrons. The molecule has 116 heavy (non-hydrogen) atoms. The van der Waals surface area contributed by atoms with Gasteiger partial charge in [0.25, 0.3) is 0 Å². The highest BCUT2D eigenvalue weighted by molar-refractivity contribution is 5.97. The minimum atomic E-state index is -0.276. The van der Waals surface area contributed by atoms with Crippen molar-refractivity contribution in [2.24, 2.45) is 0 Å². The Kier molecular flexibility index (Phi) is 20.0. The van der Waals surface area contributed by atoms with Gasteiger partial charge >= 0.3 is 0 Å². The first-order valence-electron chi connectivity index (χ1n) is 39.6. The topological polar surface area (TPSA) is 77.3 Å². The van der Waals surface area contributed by atoms with Crippen LogP contribution in [-0.2, 0) is 0 Å². The molecule has 0 bridgehead atoms. The summed E-state index contributed by atoms with van der Waals surface area (Å²) < 4.78 is 0. The van der Waals surface area contributed by atoms with Crippen molar-refractivity contribution in [3.8, 4) is 180 Å². The third-order valence-corrected chi connectivity index (χ3v) is 22.8. The number of hydrogen-bond acceptors (Lipinski definition) is 6. The lowest BCUT2D eigenvalue weighted by molar-refractivity contribution is 1.15. The molecule has 0 radical (unpaired) electrons. The molecule has 0 amide bonds. The van der Waals surface area contributed by atoms with Crippen LogP contribution in [0.5, 0.6) is 0 Å². The molecular weight excluding hydrogens is 1410 g/mol. The second-order valence-electron chi connectivity index (χ2n) is 30.4. The van der Waals surface area contributed by atoms with Gasteiger partial charge in [-0.05, 0) is 301 Å². The molecular formula is C110H82N6.